The Morgan fingerprint density at radius 3 is 1.50 bits per heavy atom. The minimum absolute atomic E-state index is 0.0693. The van der Waals surface area contributed by atoms with Crippen LogP contribution in [0, 0.1) is 0 Å². The summed E-state index contributed by atoms with van der Waals surface area (Å²) in [6.07, 6.45) is 0.967. The molecule has 0 amide bonds. The fraction of sp³-hybridized carbons (Fsp3) is 0.300. The van der Waals surface area contributed by atoms with Gasteiger partial charge >= 0.3 is 0 Å². The first-order valence-electron chi connectivity index (χ1n) is 8.24. The lowest BCUT2D eigenvalue weighted by molar-refractivity contribution is -0.307. The van der Waals surface area contributed by atoms with Crippen LogP contribution in [0.2, 0.25) is 0 Å². The Labute approximate surface area is 141 Å². The van der Waals surface area contributed by atoms with E-state index in [9.17, 15) is 0 Å². The molecule has 2 heterocycles. The summed E-state index contributed by atoms with van der Waals surface area (Å²) >= 11 is 0. The Kier molecular flexibility index (Phi) is 4.45. The number of benzene rings is 2. The van der Waals surface area contributed by atoms with Gasteiger partial charge in [-0.3, -0.25) is 0 Å². The summed E-state index contributed by atoms with van der Waals surface area (Å²) in [5.41, 5.74) is 3.09. The summed E-state index contributed by atoms with van der Waals surface area (Å²) < 4.78 is 0. The average molecular weight is 324 g/mol. The van der Waals surface area contributed by atoms with Crippen LogP contribution in [-0.4, -0.2) is 12.2 Å². The van der Waals surface area contributed by atoms with E-state index in [2.05, 4.69) is 6.58 Å². The Morgan fingerprint density at radius 1 is 0.667 bits per heavy atom. The molecule has 0 spiro atoms. The van der Waals surface area contributed by atoms with Gasteiger partial charge in [0.05, 0.1) is 0 Å². The van der Waals surface area contributed by atoms with Gasteiger partial charge in [-0.2, -0.15) is 0 Å². The minimum Gasteiger partial charge on any atom is -0.228 e. The molecule has 4 heteroatoms. The van der Waals surface area contributed by atoms with Crippen molar-refractivity contribution in [2.24, 2.45) is 0 Å². The number of rotatable bonds is 4. The van der Waals surface area contributed by atoms with Crippen molar-refractivity contribution in [2.75, 3.05) is 0 Å². The zero-order valence-corrected chi connectivity index (χ0v) is 13.3. The van der Waals surface area contributed by atoms with E-state index < -0.39 is 0 Å². The zero-order chi connectivity index (χ0) is 16.4. The van der Waals surface area contributed by atoms with Crippen LogP contribution in [0.25, 0.3) is 0 Å². The van der Waals surface area contributed by atoms with Crippen molar-refractivity contribution in [1.82, 2.24) is 0 Å². The first-order valence-corrected chi connectivity index (χ1v) is 8.24. The Morgan fingerprint density at radius 2 is 1.08 bits per heavy atom. The van der Waals surface area contributed by atoms with E-state index in [4.69, 9.17) is 19.6 Å². The summed E-state index contributed by atoms with van der Waals surface area (Å²) in [5.74, 6) is 0. The summed E-state index contributed by atoms with van der Waals surface area (Å²) in [4.78, 5) is 22.0. The highest BCUT2D eigenvalue weighted by Crippen LogP contribution is 2.39. The lowest BCUT2D eigenvalue weighted by Gasteiger charge is -2.14. The van der Waals surface area contributed by atoms with Crippen LogP contribution < -0.4 is 0 Å². The quantitative estimate of drug-likeness (QED) is 0.614. The summed E-state index contributed by atoms with van der Waals surface area (Å²) in [5, 5.41) is 0. The van der Waals surface area contributed by atoms with Gasteiger partial charge in [-0.1, -0.05) is 67.2 Å². The maximum atomic E-state index is 5.50. The molecule has 0 N–H and O–H groups in total. The van der Waals surface area contributed by atoms with Crippen LogP contribution in [-0.2, 0) is 19.6 Å². The Bertz CT molecular complexity index is 626. The van der Waals surface area contributed by atoms with E-state index in [0.717, 1.165) is 29.5 Å². The minimum atomic E-state index is -0.182. The van der Waals surface area contributed by atoms with Crippen LogP contribution >= 0.6 is 0 Å². The van der Waals surface area contributed by atoms with Gasteiger partial charge in [0, 0.05) is 12.8 Å². The van der Waals surface area contributed by atoms with E-state index in [0.29, 0.717) is 0 Å². The first-order chi connectivity index (χ1) is 11.8. The molecule has 0 aliphatic carbocycles. The van der Waals surface area contributed by atoms with Gasteiger partial charge in [-0.25, -0.2) is 19.6 Å². The van der Waals surface area contributed by atoms with Crippen LogP contribution in [0.15, 0.2) is 72.8 Å². The molecule has 2 aliphatic heterocycles. The normalized spacial score (nSPS) is 29.7. The van der Waals surface area contributed by atoms with E-state index >= 15 is 0 Å². The third kappa shape index (κ3) is 3.14. The van der Waals surface area contributed by atoms with Gasteiger partial charge in [0.2, 0.25) is 0 Å². The van der Waals surface area contributed by atoms with E-state index in [-0.39, 0.29) is 24.4 Å². The second kappa shape index (κ2) is 6.87. The van der Waals surface area contributed by atoms with Gasteiger partial charge in [-0.15, -0.1) is 0 Å². The van der Waals surface area contributed by atoms with E-state index in [1.54, 1.807) is 0 Å². The second-order valence-electron chi connectivity index (χ2n) is 6.21. The standard InChI is InChI=1S/C20H20O4/c1-14(17-12-19(23-21-17)15-8-4-2-5-9-15)18-13-20(24-22-18)16-10-6-3-7-11-16/h2-11,17-20H,1,12-13H2. The van der Waals surface area contributed by atoms with Crippen molar-refractivity contribution in [1.29, 1.82) is 0 Å². The predicted molar refractivity (Wildman–Crippen MR) is 88.7 cm³/mol. The molecule has 0 saturated carbocycles. The lowest BCUT2D eigenvalue weighted by atomic mass is 9.94. The maximum Gasteiger partial charge on any atom is 0.121 e. The fourth-order valence-electron chi connectivity index (χ4n) is 3.17. The van der Waals surface area contributed by atoms with Gasteiger partial charge in [0.15, 0.2) is 0 Å². The molecule has 4 atom stereocenters. The van der Waals surface area contributed by atoms with Crippen molar-refractivity contribution >= 4 is 0 Å². The van der Waals surface area contributed by atoms with Gasteiger partial charge in [0.25, 0.3) is 0 Å². The summed E-state index contributed by atoms with van der Waals surface area (Å²) in [6, 6.07) is 20.1. The Balaban J connectivity index is 1.37. The molecule has 124 valence electrons. The molecule has 2 aromatic rings. The third-order valence-electron chi connectivity index (χ3n) is 4.60. The van der Waals surface area contributed by atoms with Crippen molar-refractivity contribution in [2.45, 2.75) is 37.3 Å². The van der Waals surface area contributed by atoms with Gasteiger partial charge < -0.3 is 0 Å². The summed E-state index contributed by atoms with van der Waals surface area (Å²) in [6.45, 7) is 4.16. The van der Waals surface area contributed by atoms with Gasteiger partial charge in [0.1, 0.15) is 24.4 Å². The molecule has 0 aromatic heterocycles. The smallest absolute Gasteiger partial charge is 0.121 e. The van der Waals surface area contributed by atoms with Crippen LogP contribution in [0.4, 0.5) is 0 Å². The highest BCUT2D eigenvalue weighted by atomic mass is 17.2. The molecule has 24 heavy (non-hydrogen) atoms. The molecule has 2 saturated heterocycles. The molecule has 4 rings (SSSR count). The molecule has 2 aromatic carbocycles. The molecular formula is C20H20O4. The van der Waals surface area contributed by atoms with Crippen molar-refractivity contribution in [3.63, 3.8) is 0 Å². The highest BCUT2D eigenvalue weighted by Gasteiger charge is 2.38. The number of hydrogen-bond donors (Lipinski definition) is 0. The Hall–Kier alpha value is -1.98. The molecular weight excluding hydrogens is 304 g/mol. The SMILES string of the molecule is C=C(C1CC(c2ccccc2)OO1)C1CC(c2ccccc2)OO1. The molecule has 0 bridgehead atoms. The summed E-state index contributed by atoms with van der Waals surface area (Å²) in [7, 11) is 0. The lowest BCUT2D eigenvalue weighted by Crippen LogP contribution is -2.20. The maximum absolute atomic E-state index is 5.50. The second-order valence-corrected chi connectivity index (χ2v) is 6.21. The number of hydrogen-bond acceptors (Lipinski definition) is 4. The van der Waals surface area contributed by atoms with Gasteiger partial charge in [-0.05, 0) is 16.7 Å². The average Bonchev–Trinajstić information content (AvgIpc) is 3.33. The van der Waals surface area contributed by atoms with Crippen LogP contribution in [0.3, 0.4) is 0 Å². The third-order valence-corrected chi connectivity index (χ3v) is 4.60. The largest absolute Gasteiger partial charge is 0.228 e. The molecule has 4 unspecified atom stereocenters. The fourth-order valence-corrected chi connectivity index (χ4v) is 3.17. The van der Waals surface area contributed by atoms with Crippen molar-refractivity contribution in [3.05, 3.63) is 83.9 Å². The molecule has 2 fully saturated rings. The highest BCUT2D eigenvalue weighted by molar-refractivity contribution is 5.22. The van der Waals surface area contributed by atoms with Crippen molar-refractivity contribution < 1.29 is 19.6 Å². The van der Waals surface area contributed by atoms with Crippen LogP contribution in [0.5, 0.6) is 0 Å². The van der Waals surface area contributed by atoms with Crippen molar-refractivity contribution in [3.8, 4) is 0 Å². The molecule has 0 radical (unpaired) electrons. The molecule has 2 aliphatic rings. The van der Waals surface area contributed by atoms with E-state index in [1.165, 1.54) is 0 Å². The monoisotopic (exact) mass is 324 g/mol. The topological polar surface area (TPSA) is 36.9 Å². The first kappa shape index (κ1) is 15.5. The van der Waals surface area contributed by atoms with E-state index in [1.807, 2.05) is 60.7 Å². The van der Waals surface area contributed by atoms with Crippen LogP contribution in [0.1, 0.15) is 36.2 Å². The predicted octanol–water partition coefficient (Wildman–Crippen LogP) is 4.47. The molecule has 4 nitrogen and oxygen atoms in total. The zero-order valence-electron chi connectivity index (χ0n) is 13.3.